The van der Waals surface area contributed by atoms with Crippen LogP contribution in [0.4, 0.5) is 0 Å². The third kappa shape index (κ3) is 4.84. The van der Waals surface area contributed by atoms with Crippen LogP contribution in [0, 0.1) is 17.8 Å². The van der Waals surface area contributed by atoms with E-state index in [1.54, 1.807) is 0 Å². The smallest absolute Gasteiger partial charge is 0.310 e. The molecule has 0 spiro atoms. The standard InChI is InChI=1S/C15H26O4/c1-4-11(9-10(2)3)19-15(18)13-8-6-5-7-12(13)14(16)17/h10-13H,4-9H2,1-3H3,(H,16,17). The molecule has 0 aromatic carbocycles. The molecule has 1 fully saturated rings. The lowest BCUT2D eigenvalue weighted by Crippen LogP contribution is -2.35. The Labute approximate surface area is 115 Å². The van der Waals surface area contributed by atoms with Gasteiger partial charge >= 0.3 is 11.9 Å². The third-order valence-corrected chi connectivity index (χ3v) is 3.86. The van der Waals surface area contributed by atoms with Crippen molar-refractivity contribution in [2.45, 2.75) is 65.4 Å². The fraction of sp³-hybridized carbons (Fsp3) is 0.867. The van der Waals surface area contributed by atoms with Crippen molar-refractivity contribution in [2.75, 3.05) is 0 Å². The van der Waals surface area contributed by atoms with Gasteiger partial charge < -0.3 is 9.84 Å². The van der Waals surface area contributed by atoms with E-state index in [2.05, 4.69) is 13.8 Å². The van der Waals surface area contributed by atoms with Gasteiger partial charge in [-0.25, -0.2) is 0 Å². The number of hydrogen-bond donors (Lipinski definition) is 1. The second-order valence-corrected chi connectivity index (χ2v) is 5.93. The number of carbonyl (C=O) groups is 2. The molecule has 110 valence electrons. The zero-order valence-corrected chi connectivity index (χ0v) is 12.2. The van der Waals surface area contributed by atoms with Crippen molar-refractivity contribution >= 4 is 11.9 Å². The van der Waals surface area contributed by atoms with Crippen LogP contribution >= 0.6 is 0 Å². The predicted octanol–water partition coefficient (Wildman–Crippen LogP) is 3.25. The molecule has 0 radical (unpaired) electrons. The van der Waals surface area contributed by atoms with E-state index in [1.807, 2.05) is 6.92 Å². The molecule has 4 heteroatoms. The summed E-state index contributed by atoms with van der Waals surface area (Å²) < 4.78 is 5.53. The third-order valence-electron chi connectivity index (χ3n) is 3.86. The molecule has 1 aliphatic rings. The van der Waals surface area contributed by atoms with Crippen LogP contribution in [0.1, 0.15) is 59.3 Å². The first-order valence-electron chi connectivity index (χ1n) is 7.39. The molecular weight excluding hydrogens is 244 g/mol. The molecule has 0 heterocycles. The van der Waals surface area contributed by atoms with Crippen LogP contribution in [0.2, 0.25) is 0 Å². The minimum absolute atomic E-state index is 0.0797. The summed E-state index contributed by atoms with van der Waals surface area (Å²) in [7, 11) is 0. The van der Waals surface area contributed by atoms with Gasteiger partial charge in [0.15, 0.2) is 0 Å². The number of ether oxygens (including phenoxy) is 1. The molecule has 1 N–H and O–H groups in total. The Hall–Kier alpha value is -1.06. The van der Waals surface area contributed by atoms with Crippen LogP contribution in [-0.2, 0) is 14.3 Å². The van der Waals surface area contributed by atoms with E-state index in [9.17, 15) is 14.7 Å². The molecule has 1 saturated carbocycles. The van der Waals surface area contributed by atoms with E-state index in [-0.39, 0.29) is 12.1 Å². The average molecular weight is 270 g/mol. The maximum absolute atomic E-state index is 12.2. The number of carboxylic acid groups (broad SMARTS) is 1. The Morgan fingerprint density at radius 1 is 1.21 bits per heavy atom. The zero-order chi connectivity index (χ0) is 14.4. The van der Waals surface area contributed by atoms with Gasteiger partial charge in [0.2, 0.25) is 0 Å². The molecule has 1 aliphatic carbocycles. The first-order chi connectivity index (χ1) is 8.95. The number of hydrogen-bond acceptors (Lipinski definition) is 3. The van der Waals surface area contributed by atoms with Crippen molar-refractivity contribution < 1.29 is 19.4 Å². The molecule has 4 nitrogen and oxygen atoms in total. The molecule has 0 aromatic heterocycles. The fourth-order valence-electron chi connectivity index (χ4n) is 2.78. The molecule has 0 aromatic rings. The summed E-state index contributed by atoms with van der Waals surface area (Å²) in [4.78, 5) is 23.4. The Bertz CT molecular complexity index is 311. The van der Waals surface area contributed by atoms with Gasteiger partial charge in [-0.1, -0.05) is 33.6 Å². The van der Waals surface area contributed by atoms with Crippen LogP contribution in [0.5, 0.6) is 0 Å². The van der Waals surface area contributed by atoms with Crippen molar-refractivity contribution in [3.05, 3.63) is 0 Å². The van der Waals surface area contributed by atoms with Crippen LogP contribution < -0.4 is 0 Å². The zero-order valence-electron chi connectivity index (χ0n) is 12.2. The predicted molar refractivity (Wildman–Crippen MR) is 72.7 cm³/mol. The first kappa shape index (κ1) is 16.0. The number of aliphatic carboxylic acids is 1. The summed E-state index contributed by atoms with van der Waals surface area (Å²) in [6.45, 7) is 6.18. The van der Waals surface area contributed by atoms with Gasteiger partial charge in [0.1, 0.15) is 6.10 Å². The minimum Gasteiger partial charge on any atom is -0.481 e. The normalized spacial score (nSPS) is 25.1. The lowest BCUT2D eigenvalue weighted by atomic mass is 9.79. The van der Waals surface area contributed by atoms with Gasteiger partial charge in [0.25, 0.3) is 0 Å². The summed E-state index contributed by atoms with van der Waals surface area (Å²) in [6.07, 6.45) is 4.60. The monoisotopic (exact) mass is 270 g/mol. The molecule has 1 rings (SSSR count). The van der Waals surface area contributed by atoms with Crippen LogP contribution in [-0.4, -0.2) is 23.1 Å². The van der Waals surface area contributed by atoms with Crippen molar-refractivity contribution in [2.24, 2.45) is 17.8 Å². The van der Waals surface area contributed by atoms with Crippen molar-refractivity contribution in [3.8, 4) is 0 Å². The van der Waals surface area contributed by atoms with Crippen molar-refractivity contribution in [1.82, 2.24) is 0 Å². The van der Waals surface area contributed by atoms with E-state index in [0.29, 0.717) is 18.8 Å². The second kappa shape index (κ2) is 7.51. The molecule has 0 aliphatic heterocycles. The largest absolute Gasteiger partial charge is 0.481 e. The van der Waals surface area contributed by atoms with Gasteiger partial charge in [0.05, 0.1) is 11.8 Å². The molecule has 0 bridgehead atoms. The maximum Gasteiger partial charge on any atom is 0.310 e. The van der Waals surface area contributed by atoms with Gasteiger partial charge in [0, 0.05) is 0 Å². The van der Waals surface area contributed by atoms with Gasteiger partial charge in [-0.05, 0) is 31.6 Å². The number of rotatable bonds is 6. The topological polar surface area (TPSA) is 63.6 Å². The Kier molecular flexibility index (Phi) is 6.32. The number of carbonyl (C=O) groups excluding carboxylic acids is 1. The lowest BCUT2D eigenvalue weighted by Gasteiger charge is -2.28. The summed E-state index contributed by atoms with van der Waals surface area (Å²) in [5, 5.41) is 9.19. The molecule has 19 heavy (non-hydrogen) atoms. The van der Waals surface area contributed by atoms with Crippen LogP contribution in [0.15, 0.2) is 0 Å². The van der Waals surface area contributed by atoms with Crippen molar-refractivity contribution in [3.63, 3.8) is 0 Å². The van der Waals surface area contributed by atoms with Crippen molar-refractivity contribution in [1.29, 1.82) is 0 Å². The first-order valence-corrected chi connectivity index (χ1v) is 7.39. The summed E-state index contributed by atoms with van der Waals surface area (Å²) >= 11 is 0. The Morgan fingerprint density at radius 3 is 2.26 bits per heavy atom. The highest BCUT2D eigenvalue weighted by atomic mass is 16.5. The highest BCUT2D eigenvalue weighted by Gasteiger charge is 2.37. The molecule has 0 amide bonds. The SMILES string of the molecule is CCC(CC(C)C)OC(=O)C1CCCCC1C(=O)O. The maximum atomic E-state index is 12.2. The van der Waals surface area contributed by atoms with E-state index < -0.39 is 17.8 Å². The highest BCUT2D eigenvalue weighted by Crippen LogP contribution is 2.32. The van der Waals surface area contributed by atoms with E-state index in [1.165, 1.54) is 0 Å². The molecule has 3 unspecified atom stereocenters. The highest BCUT2D eigenvalue weighted by molar-refractivity contribution is 5.81. The average Bonchev–Trinajstić information content (AvgIpc) is 2.37. The Morgan fingerprint density at radius 2 is 1.79 bits per heavy atom. The van der Waals surface area contributed by atoms with Gasteiger partial charge in [-0.15, -0.1) is 0 Å². The summed E-state index contributed by atoms with van der Waals surface area (Å²) in [6, 6.07) is 0. The number of esters is 1. The van der Waals surface area contributed by atoms with E-state index in [4.69, 9.17) is 4.74 Å². The second-order valence-electron chi connectivity index (χ2n) is 5.93. The summed E-state index contributed by atoms with van der Waals surface area (Å²) in [5.41, 5.74) is 0. The molecule has 0 saturated heterocycles. The van der Waals surface area contributed by atoms with E-state index >= 15 is 0 Å². The minimum atomic E-state index is -0.862. The summed E-state index contributed by atoms with van der Waals surface area (Å²) in [5.74, 6) is -1.71. The lowest BCUT2D eigenvalue weighted by molar-refractivity contribution is -0.164. The molecule has 3 atom stereocenters. The van der Waals surface area contributed by atoms with E-state index in [0.717, 1.165) is 25.7 Å². The van der Waals surface area contributed by atoms with Crippen LogP contribution in [0.25, 0.3) is 0 Å². The Balaban J connectivity index is 2.61. The van der Waals surface area contributed by atoms with Gasteiger partial charge in [-0.3, -0.25) is 9.59 Å². The molecular formula is C15H26O4. The van der Waals surface area contributed by atoms with Gasteiger partial charge in [-0.2, -0.15) is 0 Å². The quantitative estimate of drug-likeness (QED) is 0.752. The number of carboxylic acids is 1. The fourth-order valence-corrected chi connectivity index (χ4v) is 2.78. The van der Waals surface area contributed by atoms with Crippen LogP contribution in [0.3, 0.4) is 0 Å².